The molecule has 0 fully saturated rings. The third-order valence-corrected chi connectivity index (χ3v) is 3.38. The van der Waals surface area contributed by atoms with Crippen molar-refractivity contribution in [1.82, 2.24) is 5.32 Å². The van der Waals surface area contributed by atoms with E-state index in [2.05, 4.69) is 21.2 Å². The summed E-state index contributed by atoms with van der Waals surface area (Å²) in [7, 11) is 0. The van der Waals surface area contributed by atoms with Gasteiger partial charge in [0.05, 0.1) is 0 Å². The molecule has 1 rings (SSSR count). The van der Waals surface area contributed by atoms with Crippen LogP contribution < -0.4 is 5.32 Å². The average Bonchev–Trinajstić information content (AvgIpc) is 2.48. The van der Waals surface area contributed by atoms with Gasteiger partial charge in [0.15, 0.2) is 0 Å². The Morgan fingerprint density at radius 1 is 1.22 bits per heavy atom. The second-order valence-corrected chi connectivity index (χ2v) is 6.92. The zero-order valence-corrected chi connectivity index (χ0v) is 15.4. The predicted molar refractivity (Wildman–Crippen MR) is 92.4 cm³/mol. The van der Waals surface area contributed by atoms with Crippen LogP contribution in [0.3, 0.4) is 0 Å². The second kappa shape index (κ2) is 9.55. The summed E-state index contributed by atoms with van der Waals surface area (Å²) >= 11 is 3.32. The number of esters is 1. The molecular weight excluding hydrogens is 362 g/mol. The molecule has 128 valence electrons. The minimum Gasteiger partial charge on any atom is -0.458 e. The number of carbonyl (C=O) groups excluding carboxylic acids is 2. The Labute approximate surface area is 145 Å². The molecule has 23 heavy (non-hydrogen) atoms. The van der Waals surface area contributed by atoms with Crippen LogP contribution in [0.15, 0.2) is 30.3 Å². The lowest BCUT2D eigenvalue weighted by Crippen LogP contribution is -2.44. The summed E-state index contributed by atoms with van der Waals surface area (Å²) in [5.41, 5.74) is 0.288. The van der Waals surface area contributed by atoms with Crippen LogP contribution in [0.25, 0.3) is 0 Å². The van der Waals surface area contributed by atoms with Crippen molar-refractivity contribution >= 4 is 28.0 Å². The summed E-state index contributed by atoms with van der Waals surface area (Å²) in [5.74, 6) is -0.449. The Morgan fingerprint density at radius 2 is 1.87 bits per heavy atom. The fraction of sp³-hybridized carbons (Fsp3) is 0.529. The first kappa shape index (κ1) is 19.5. The van der Waals surface area contributed by atoms with E-state index >= 15 is 0 Å². The number of hydrogen-bond acceptors (Lipinski definition) is 4. The van der Waals surface area contributed by atoms with Crippen molar-refractivity contribution in [3.05, 3.63) is 35.9 Å². The van der Waals surface area contributed by atoms with Crippen molar-refractivity contribution in [2.24, 2.45) is 0 Å². The van der Waals surface area contributed by atoms with E-state index in [9.17, 15) is 9.59 Å². The smallest absolute Gasteiger partial charge is 0.408 e. The summed E-state index contributed by atoms with van der Waals surface area (Å²) in [6.07, 6.45) is 0.600. The number of ether oxygens (including phenoxy) is 2. The van der Waals surface area contributed by atoms with Crippen molar-refractivity contribution < 1.29 is 19.1 Å². The van der Waals surface area contributed by atoms with E-state index in [0.29, 0.717) is 6.42 Å². The van der Waals surface area contributed by atoms with Crippen LogP contribution >= 0.6 is 15.9 Å². The molecule has 0 saturated heterocycles. The Balaban J connectivity index is 2.54. The van der Waals surface area contributed by atoms with Gasteiger partial charge in [-0.05, 0) is 39.2 Å². The largest absolute Gasteiger partial charge is 0.458 e. The van der Waals surface area contributed by atoms with Crippen molar-refractivity contribution in [3.8, 4) is 0 Å². The lowest BCUT2D eigenvalue weighted by molar-refractivity contribution is -0.157. The highest BCUT2D eigenvalue weighted by molar-refractivity contribution is 9.09. The van der Waals surface area contributed by atoms with Crippen LogP contribution in [0.1, 0.15) is 39.2 Å². The zero-order valence-electron chi connectivity index (χ0n) is 13.8. The maximum atomic E-state index is 12.2. The summed E-state index contributed by atoms with van der Waals surface area (Å²) < 4.78 is 10.5. The number of carbonyl (C=O) groups is 2. The van der Waals surface area contributed by atoms with Gasteiger partial charge in [-0.1, -0.05) is 46.3 Å². The first-order valence-corrected chi connectivity index (χ1v) is 8.70. The van der Waals surface area contributed by atoms with Gasteiger partial charge in [0, 0.05) is 5.33 Å². The van der Waals surface area contributed by atoms with E-state index in [-0.39, 0.29) is 6.61 Å². The second-order valence-electron chi connectivity index (χ2n) is 6.12. The predicted octanol–water partition coefficient (Wildman–Crippen LogP) is 3.80. The number of nitrogens with one attached hydrogen (secondary N) is 1. The van der Waals surface area contributed by atoms with E-state index in [1.165, 1.54) is 0 Å². The normalized spacial score (nSPS) is 12.3. The van der Waals surface area contributed by atoms with E-state index in [4.69, 9.17) is 9.47 Å². The van der Waals surface area contributed by atoms with Crippen molar-refractivity contribution in [2.75, 3.05) is 5.33 Å². The van der Waals surface area contributed by atoms with Gasteiger partial charge in [-0.3, -0.25) is 0 Å². The number of alkyl carbamates (subject to hydrolysis) is 1. The highest BCUT2D eigenvalue weighted by Gasteiger charge is 2.26. The zero-order chi connectivity index (χ0) is 17.3. The van der Waals surface area contributed by atoms with E-state index in [1.54, 1.807) is 20.8 Å². The quantitative estimate of drug-likeness (QED) is 0.572. The molecule has 0 spiro atoms. The molecule has 0 unspecified atom stereocenters. The first-order chi connectivity index (χ1) is 10.8. The molecule has 1 aromatic rings. The third kappa shape index (κ3) is 8.59. The van der Waals surface area contributed by atoms with E-state index < -0.39 is 23.7 Å². The molecule has 6 heteroatoms. The Bertz CT molecular complexity index is 499. The molecule has 1 aromatic carbocycles. The van der Waals surface area contributed by atoms with E-state index in [0.717, 1.165) is 17.3 Å². The van der Waals surface area contributed by atoms with Gasteiger partial charge < -0.3 is 14.8 Å². The van der Waals surface area contributed by atoms with E-state index in [1.807, 2.05) is 30.3 Å². The summed E-state index contributed by atoms with van der Waals surface area (Å²) in [6.45, 7) is 5.53. The molecule has 1 amide bonds. The van der Waals surface area contributed by atoms with Gasteiger partial charge in [-0.2, -0.15) is 0 Å². The molecular formula is C17H24BrNO4. The molecule has 5 nitrogen and oxygen atoms in total. The number of hydrogen-bond donors (Lipinski definition) is 1. The molecule has 0 saturated carbocycles. The standard InChI is InChI=1S/C17H24BrNO4/c1-17(2,3)23-15(20)14(10-7-11-18)19-16(21)22-12-13-8-5-4-6-9-13/h4-6,8-9,14H,7,10-12H2,1-3H3,(H,19,21)/t14-/m0/s1. The fourth-order valence-corrected chi connectivity index (χ4v) is 2.13. The Morgan fingerprint density at radius 3 is 2.43 bits per heavy atom. The maximum Gasteiger partial charge on any atom is 0.408 e. The number of benzene rings is 1. The minimum absolute atomic E-state index is 0.159. The van der Waals surface area contributed by atoms with Crippen LogP contribution in [0.4, 0.5) is 4.79 Å². The Kier molecular flexibility index (Phi) is 8.09. The highest BCUT2D eigenvalue weighted by atomic mass is 79.9. The molecule has 0 bridgehead atoms. The molecule has 0 heterocycles. The Hall–Kier alpha value is -1.56. The van der Waals surface area contributed by atoms with Crippen molar-refractivity contribution in [2.45, 2.75) is 51.9 Å². The van der Waals surface area contributed by atoms with Crippen LogP contribution in [-0.4, -0.2) is 29.0 Å². The van der Waals surface area contributed by atoms with Gasteiger partial charge >= 0.3 is 12.1 Å². The highest BCUT2D eigenvalue weighted by Crippen LogP contribution is 2.11. The average molecular weight is 386 g/mol. The summed E-state index contributed by atoms with van der Waals surface area (Å²) in [4.78, 5) is 24.1. The van der Waals surface area contributed by atoms with Crippen molar-refractivity contribution in [3.63, 3.8) is 0 Å². The number of amides is 1. The number of halogens is 1. The van der Waals surface area contributed by atoms with Crippen molar-refractivity contribution in [1.29, 1.82) is 0 Å². The van der Waals surface area contributed by atoms with Crippen LogP contribution in [0.5, 0.6) is 0 Å². The summed E-state index contributed by atoms with van der Waals surface area (Å²) in [6, 6.07) is 8.65. The summed E-state index contributed by atoms with van der Waals surface area (Å²) in [5, 5.41) is 3.33. The van der Waals surface area contributed by atoms with Gasteiger partial charge in [-0.15, -0.1) is 0 Å². The molecule has 1 atom stereocenters. The maximum absolute atomic E-state index is 12.2. The molecule has 0 aromatic heterocycles. The lowest BCUT2D eigenvalue weighted by Gasteiger charge is -2.24. The first-order valence-electron chi connectivity index (χ1n) is 7.58. The van der Waals surface area contributed by atoms with Crippen LogP contribution in [0, 0.1) is 0 Å². The monoisotopic (exact) mass is 385 g/mol. The van der Waals surface area contributed by atoms with Gasteiger partial charge in [0.2, 0.25) is 0 Å². The van der Waals surface area contributed by atoms with Gasteiger partial charge in [-0.25, -0.2) is 9.59 Å². The topological polar surface area (TPSA) is 64.6 Å². The molecule has 1 N–H and O–H groups in total. The molecule has 0 aliphatic heterocycles. The van der Waals surface area contributed by atoms with Gasteiger partial charge in [0.1, 0.15) is 18.2 Å². The molecule has 0 radical (unpaired) electrons. The van der Waals surface area contributed by atoms with Crippen LogP contribution in [0.2, 0.25) is 0 Å². The fourth-order valence-electron chi connectivity index (χ4n) is 1.81. The SMILES string of the molecule is CC(C)(C)OC(=O)[C@H](CCCBr)NC(=O)OCc1ccccc1. The third-order valence-electron chi connectivity index (χ3n) is 2.82. The molecule has 0 aliphatic carbocycles. The lowest BCUT2D eigenvalue weighted by atomic mass is 10.1. The van der Waals surface area contributed by atoms with Gasteiger partial charge in [0.25, 0.3) is 0 Å². The number of rotatable bonds is 7. The minimum atomic E-state index is -0.713. The molecule has 0 aliphatic rings. The van der Waals surface area contributed by atoms with Crippen LogP contribution in [-0.2, 0) is 20.9 Å². The number of alkyl halides is 1.